The summed E-state index contributed by atoms with van der Waals surface area (Å²) < 4.78 is 2.46. The summed E-state index contributed by atoms with van der Waals surface area (Å²) in [5.74, 6) is 1.21. The van der Waals surface area contributed by atoms with Gasteiger partial charge >= 0.3 is 0 Å². The molecular formula is C47H32N2. The molecule has 0 unspecified atom stereocenters. The fourth-order valence-electron chi connectivity index (χ4n) is 8.15. The summed E-state index contributed by atoms with van der Waals surface area (Å²) in [4.78, 5) is 5.52. The zero-order valence-corrected chi connectivity index (χ0v) is 26.9. The molecule has 230 valence electrons. The zero-order valence-electron chi connectivity index (χ0n) is 26.9. The molecule has 0 N–H and O–H groups in total. The van der Waals surface area contributed by atoms with Crippen molar-refractivity contribution in [1.29, 1.82) is 0 Å². The second kappa shape index (κ2) is 11.2. The smallest absolute Gasteiger partial charge is 0.145 e. The van der Waals surface area contributed by atoms with E-state index in [0.717, 1.165) is 34.6 Å². The Morgan fingerprint density at radius 1 is 0.510 bits per heavy atom. The summed E-state index contributed by atoms with van der Waals surface area (Å²) >= 11 is 0. The first-order valence-corrected chi connectivity index (χ1v) is 17.1. The van der Waals surface area contributed by atoms with E-state index in [9.17, 15) is 0 Å². The van der Waals surface area contributed by atoms with Gasteiger partial charge in [-0.3, -0.25) is 4.40 Å². The van der Waals surface area contributed by atoms with Gasteiger partial charge in [-0.05, 0) is 56.8 Å². The summed E-state index contributed by atoms with van der Waals surface area (Å²) in [5, 5.41) is 5.02. The van der Waals surface area contributed by atoms with E-state index in [1.165, 1.54) is 60.3 Å². The van der Waals surface area contributed by atoms with E-state index in [1.807, 2.05) is 0 Å². The number of imidazole rings is 1. The minimum Gasteiger partial charge on any atom is -0.291 e. The standard InChI is InChI=1S/C47H32N2/c1-4-14-31(15-5-1)32-24-26-35(27-25-32)47-48-45(34-18-8-3-9-19-34)46-40-23-13-12-22-38(40)44-42(49(46)47)29-28-39-41(33-16-6-2-7-17-33)30-36-20-10-11-21-37(36)43(39)44/h1-27,29-30,39H,28H2/t39-/m1/s1. The minimum absolute atomic E-state index is 0.247. The first-order valence-electron chi connectivity index (χ1n) is 17.1. The maximum absolute atomic E-state index is 5.52. The van der Waals surface area contributed by atoms with Crippen LogP contribution >= 0.6 is 0 Å². The van der Waals surface area contributed by atoms with Gasteiger partial charge < -0.3 is 0 Å². The van der Waals surface area contributed by atoms with Gasteiger partial charge in [0.1, 0.15) is 5.82 Å². The van der Waals surface area contributed by atoms with Crippen LogP contribution in [0.15, 0.2) is 164 Å². The van der Waals surface area contributed by atoms with Crippen molar-refractivity contribution in [2.75, 3.05) is 0 Å². The molecule has 49 heavy (non-hydrogen) atoms. The Hall–Kier alpha value is -6.25. The lowest BCUT2D eigenvalue weighted by atomic mass is 9.72. The zero-order chi connectivity index (χ0) is 32.3. The number of hydrogen-bond donors (Lipinski definition) is 0. The van der Waals surface area contributed by atoms with Gasteiger partial charge in [0.25, 0.3) is 0 Å². The molecule has 0 fully saturated rings. The molecule has 2 aliphatic carbocycles. The van der Waals surface area contributed by atoms with Crippen LogP contribution in [-0.4, -0.2) is 9.38 Å². The average molecular weight is 625 g/mol. The Morgan fingerprint density at radius 3 is 1.82 bits per heavy atom. The first kappa shape index (κ1) is 27.8. The SMILES string of the molecule is C1=C(c2ccccc2)[C@H]2CC=c3c(c4ccccc4c4c(-c5ccccc5)nc(-c5ccc(-c6ccccc6)cc5)n34)=C2c2ccccc21. The van der Waals surface area contributed by atoms with E-state index < -0.39 is 0 Å². The van der Waals surface area contributed by atoms with Gasteiger partial charge in [-0.15, -0.1) is 0 Å². The molecule has 2 nitrogen and oxygen atoms in total. The van der Waals surface area contributed by atoms with Gasteiger partial charge in [0.15, 0.2) is 0 Å². The van der Waals surface area contributed by atoms with Crippen molar-refractivity contribution in [3.05, 3.63) is 191 Å². The molecule has 2 heteroatoms. The van der Waals surface area contributed by atoms with E-state index in [-0.39, 0.29) is 5.92 Å². The highest BCUT2D eigenvalue weighted by Crippen LogP contribution is 2.44. The summed E-state index contributed by atoms with van der Waals surface area (Å²) in [6.07, 6.45) is 5.81. The normalized spacial score (nSPS) is 14.9. The minimum atomic E-state index is 0.247. The third-order valence-corrected chi connectivity index (χ3v) is 10.3. The van der Waals surface area contributed by atoms with Crippen LogP contribution in [0, 0.1) is 5.92 Å². The lowest BCUT2D eigenvalue weighted by Crippen LogP contribution is -2.40. The first-order chi connectivity index (χ1) is 24.3. The number of pyridine rings is 1. The molecule has 2 aromatic heterocycles. The summed E-state index contributed by atoms with van der Waals surface area (Å²) in [6.45, 7) is 0. The van der Waals surface area contributed by atoms with Gasteiger partial charge in [-0.1, -0.05) is 170 Å². The van der Waals surface area contributed by atoms with Crippen molar-refractivity contribution < 1.29 is 0 Å². The number of nitrogens with zero attached hydrogens (tertiary/aromatic N) is 2. The van der Waals surface area contributed by atoms with Crippen LogP contribution in [0.3, 0.4) is 0 Å². The summed E-state index contributed by atoms with van der Waals surface area (Å²) in [5.41, 5.74) is 13.5. The highest BCUT2D eigenvalue weighted by molar-refractivity contribution is 6.07. The van der Waals surface area contributed by atoms with Crippen LogP contribution in [0.5, 0.6) is 0 Å². The molecule has 0 radical (unpaired) electrons. The fraction of sp³-hybridized carbons (Fsp3) is 0.0426. The van der Waals surface area contributed by atoms with Crippen LogP contribution in [0.25, 0.3) is 73.4 Å². The van der Waals surface area contributed by atoms with Gasteiger partial charge in [0.05, 0.1) is 16.6 Å². The Labute approximate surface area is 285 Å². The Morgan fingerprint density at radius 2 is 1.08 bits per heavy atom. The summed E-state index contributed by atoms with van der Waals surface area (Å²) in [7, 11) is 0. The van der Waals surface area contributed by atoms with E-state index in [0.29, 0.717) is 0 Å². The van der Waals surface area contributed by atoms with E-state index in [4.69, 9.17) is 4.98 Å². The lowest BCUT2D eigenvalue weighted by molar-refractivity contribution is 0.870. The fourth-order valence-corrected chi connectivity index (χ4v) is 8.15. The van der Waals surface area contributed by atoms with Crippen molar-refractivity contribution >= 4 is 39.6 Å². The second-order valence-corrected chi connectivity index (χ2v) is 13.0. The molecule has 2 heterocycles. The van der Waals surface area contributed by atoms with Gasteiger partial charge in [0.2, 0.25) is 0 Å². The molecule has 0 aliphatic heterocycles. The topological polar surface area (TPSA) is 17.3 Å². The van der Waals surface area contributed by atoms with Gasteiger partial charge in [0, 0.05) is 27.6 Å². The number of rotatable bonds is 4. The predicted molar refractivity (Wildman–Crippen MR) is 204 cm³/mol. The number of allylic oxidation sites excluding steroid dienone is 1. The molecule has 8 aromatic rings. The van der Waals surface area contributed by atoms with Gasteiger partial charge in [-0.25, -0.2) is 4.98 Å². The molecule has 0 spiro atoms. The molecule has 1 atom stereocenters. The van der Waals surface area contributed by atoms with Crippen LogP contribution in [0.2, 0.25) is 0 Å². The predicted octanol–water partition coefficient (Wildman–Crippen LogP) is 10.0. The highest BCUT2D eigenvalue weighted by atomic mass is 15.0. The summed E-state index contributed by atoms with van der Waals surface area (Å²) in [6, 6.07) is 59.0. The van der Waals surface area contributed by atoms with Crippen LogP contribution in [0.4, 0.5) is 0 Å². The molecular weight excluding hydrogens is 593 g/mol. The molecule has 2 aliphatic rings. The Balaban J connectivity index is 1.34. The number of aromatic nitrogens is 2. The van der Waals surface area contributed by atoms with Crippen molar-refractivity contribution in [3.8, 4) is 33.8 Å². The lowest BCUT2D eigenvalue weighted by Gasteiger charge is -2.32. The third-order valence-electron chi connectivity index (χ3n) is 10.3. The maximum Gasteiger partial charge on any atom is 0.145 e. The van der Waals surface area contributed by atoms with Gasteiger partial charge in [-0.2, -0.15) is 0 Å². The molecule has 0 saturated carbocycles. The van der Waals surface area contributed by atoms with E-state index in [2.05, 4.69) is 180 Å². The molecule has 6 aromatic carbocycles. The second-order valence-electron chi connectivity index (χ2n) is 13.0. The Bertz CT molecular complexity index is 2700. The molecule has 10 rings (SSSR count). The molecule has 0 amide bonds. The highest BCUT2D eigenvalue weighted by Gasteiger charge is 2.31. The number of fused-ring (bicyclic) bond motifs is 9. The quantitative estimate of drug-likeness (QED) is 0.191. The van der Waals surface area contributed by atoms with Crippen molar-refractivity contribution in [1.82, 2.24) is 9.38 Å². The van der Waals surface area contributed by atoms with Crippen LogP contribution < -0.4 is 10.6 Å². The maximum atomic E-state index is 5.52. The Kier molecular flexibility index (Phi) is 6.35. The van der Waals surface area contributed by atoms with E-state index >= 15 is 0 Å². The average Bonchev–Trinajstić information content (AvgIpc) is 3.60. The molecule has 0 saturated heterocycles. The van der Waals surface area contributed by atoms with Crippen molar-refractivity contribution in [2.24, 2.45) is 5.92 Å². The van der Waals surface area contributed by atoms with Crippen LogP contribution in [0.1, 0.15) is 23.1 Å². The third kappa shape index (κ3) is 4.38. The molecule has 0 bridgehead atoms. The monoisotopic (exact) mass is 624 g/mol. The van der Waals surface area contributed by atoms with Crippen LogP contribution in [-0.2, 0) is 0 Å². The van der Waals surface area contributed by atoms with Crippen molar-refractivity contribution in [2.45, 2.75) is 6.42 Å². The number of hydrogen-bond acceptors (Lipinski definition) is 1. The number of benzene rings is 6. The largest absolute Gasteiger partial charge is 0.291 e. The van der Waals surface area contributed by atoms with E-state index in [1.54, 1.807) is 0 Å². The van der Waals surface area contributed by atoms with Crippen molar-refractivity contribution in [3.63, 3.8) is 0 Å².